The van der Waals surface area contributed by atoms with Crippen molar-refractivity contribution in [3.63, 3.8) is 0 Å². The summed E-state index contributed by atoms with van der Waals surface area (Å²) in [6, 6.07) is 4.46. The number of carbonyl (C=O) groups excluding carboxylic acids is 2. The van der Waals surface area contributed by atoms with Crippen molar-refractivity contribution >= 4 is 11.9 Å². The van der Waals surface area contributed by atoms with Crippen molar-refractivity contribution < 1.29 is 19.4 Å². The molecule has 1 aliphatic rings. The summed E-state index contributed by atoms with van der Waals surface area (Å²) in [5.74, 6) is -0.120. The zero-order chi connectivity index (χ0) is 13.8. The highest BCUT2D eigenvalue weighted by Crippen LogP contribution is 2.32. The third kappa shape index (κ3) is 3.45. The highest BCUT2D eigenvalue weighted by atomic mass is 16.5. The molecule has 4 N–H and O–H groups in total. The van der Waals surface area contributed by atoms with Crippen LogP contribution in [-0.2, 0) is 11.2 Å². The number of fused-ring (bicyclic) bond motifs is 1. The minimum Gasteiger partial charge on any atom is -0.484 e. The molecule has 0 aromatic heterocycles. The molecule has 0 saturated heterocycles. The third-order valence-corrected chi connectivity index (χ3v) is 3.03. The standard InChI is InChI=1S/C13H16N2O4/c14-13(18)15-12(17)7-19-9-5-4-8-2-1-3-11(16)10(8)6-9/h4-6,11,16H,1-3,7H2,(H3,14,15,17,18)/t11-/m0/s1. The summed E-state index contributed by atoms with van der Waals surface area (Å²) in [5.41, 5.74) is 6.76. The molecule has 0 aliphatic heterocycles. The Morgan fingerprint density at radius 2 is 2.26 bits per heavy atom. The molecule has 1 atom stereocenters. The van der Waals surface area contributed by atoms with E-state index in [1.54, 1.807) is 12.1 Å². The zero-order valence-electron chi connectivity index (χ0n) is 10.4. The number of ether oxygens (including phenoxy) is 1. The second-order valence-electron chi connectivity index (χ2n) is 4.47. The predicted octanol–water partition coefficient (Wildman–Crippen LogP) is 0.630. The van der Waals surface area contributed by atoms with Crippen LogP contribution in [0.15, 0.2) is 18.2 Å². The number of urea groups is 1. The second-order valence-corrected chi connectivity index (χ2v) is 4.47. The highest BCUT2D eigenvalue weighted by Gasteiger charge is 2.18. The number of imide groups is 1. The maximum atomic E-state index is 11.2. The lowest BCUT2D eigenvalue weighted by Gasteiger charge is -2.21. The van der Waals surface area contributed by atoms with Gasteiger partial charge in [-0.15, -0.1) is 0 Å². The SMILES string of the molecule is NC(=O)NC(=O)COc1ccc2c(c1)[C@@H](O)CCC2. The summed E-state index contributed by atoms with van der Waals surface area (Å²) in [6.07, 6.45) is 2.16. The molecule has 0 bridgehead atoms. The number of amides is 3. The number of hydrogen-bond donors (Lipinski definition) is 3. The third-order valence-electron chi connectivity index (χ3n) is 3.03. The Hall–Kier alpha value is -2.08. The lowest BCUT2D eigenvalue weighted by molar-refractivity contribution is -0.121. The molecule has 2 rings (SSSR count). The van der Waals surface area contributed by atoms with E-state index >= 15 is 0 Å². The number of hydrogen-bond acceptors (Lipinski definition) is 4. The summed E-state index contributed by atoms with van der Waals surface area (Å²) in [5, 5.41) is 11.8. The molecule has 19 heavy (non-hydrogen) atoms. The topological polar surface area (TPSA) is 102 Å². The van der Waals surface area contributed by atoms with Crippen LogP contribution in [0.2, 0.25) is 0 Å². The maximum Gasteiger partial charge on any atom is 0.318 e. The second kappa shape index (κ2) is 5.71. The molecular formula is C13H16N2O4. The first-order valence-corrected chi connectivity index (χ1v) is 6.09. The molecule has 0 fully saturated rings. The van der Waals surface area contributed by atoms with Crippen molar-refractivity contribution in [3.05, 3.63) is 29.3 Å². The summed E-state index contributed by atoms with van der Waals surface area (Å²) in [7, 11) is 0. The molecule has 3 amide bonds. The number of rotatable bonds is 3. The maximum absolute atomic E-state index is 11.2. The van der Waals surface area contributed by atoms with Gasteiger partial charge in [-0.05, 0) is 42.5 Å². The number of aliphatic hydroxyl groups is 1. The number of aliphatic hydroxyl groups excluding tert-OH is 1. The lowest BCUT2D eigenvalue weighted by atomic mass is 9.89. The average molecular weight is 264 g/mol. The van der Waals surface area contributed by atoms with Crippen LogP contribution in [0.5, 0.6) is 5.75 Å². The molecule has 0 unspecified atom stereocenters. The average Bonchev–Trinajstić information content (AvgIpc) is 2.36. The lowest BCUT2D eigenvalue weighted by Crippen LogP contribution is -2.38. The van der Waals surface area contributed by atoms with Crippen molar-refractivity contribution in [1.29, 1.82) is 0 Å². The fourth-order valence-electron chi connectivity index (χ4n) is 2.16. The molecule has 102 valence electrons. The van der Waals surface area contributed by atoms with Gasteiger partial charge in [-0.25, -0.2) is 4.79 Å². The van der Waals surface area contributed by atoms with Crippen molar-refractivity contribution in [2.24, 2.45) is 5.73 Å². The Morgan fingerprint density at radius 1 is 1.47 bits per heavy atom. The van der Waals surface area contributed by atoms with Gasteiger partial charge in [0.25, 0.3) is 5.91 Å². The van der Waals surface area contributed by atoms with E-state index in [1.807, 2.05) is 11.4 Å². The van der Waals surface area contributed by atoms with E-state index < -0.39 is 18.0 Å². The van der Waals surface area contributed by atoms with Crippen LogP contribution in [0.25, 0.3) is 0 Å². The summed E-state index contributed by atoms with van der Waals surface area (Å²) in [4.78, 5) is 21.7. The molecule has 0 heterocycles. The van der Waals surface area contributed by atoms with Gasteiger partial charge in [0.1, 0.15) is 5.75 Å². The van der Waals surface area contributed by atoms with Gasteiger partial charge in [-0.2, -0.15) is 0 Å². The number of nitrogens with two attached hydrogens (primary N) is 1. The van der Waals surface area contributed by atoms with Crippen molar-refractivity contribution in [3.8, 4) is 5.75 Å². The number of nitrogens with one attached hydrogen (secondary N) is 1. The number of carbonyl (C=O) groups is 2. The molecule has 6 heteroatoms. The van der Waals surface area contributed by atoms with Gasteiger partial charge >= 0.3 is 6.03 Å². The van der Waals surface area contributed by atoms with Gasteiger partial charge in [0.15, 0.2) is 6.61 Å². The van der Waals surface area contributed by atoms with Crippen LogP contribution in [0.3, 0.4) is 0 Å². The summed E-state index contributed by atoms with van der Waals surface area (Å²) < 4.78 is 5.25. The predicted molar refractivity (Wildman–Crippen MR) is 67.6 cm³/mol. The van der Waals surface area contributed by atoms with Crippen LogP contribution >= 0.6 is 0 Å². The molecule has 6 nitrogen and oxygen atoms in total. The molecule has 1 aromatic carbocycles. The van der Waals surface area contributed by atoms with E-state index in [4.69, 9.17) is 10.5 Å². The van der Waals surface area contributed by atoms with Gasteiger partial charge in [0, 0.05) is 0 Å². The van der Waals surface area contributed by atoms with Gasteiger partial charge in [0.05, 0.1) is 6.10 Å². The number of aryl methyl sites for hydroxylation is 1. The molecule has 1 aromatic rings. The molecular weight excluding hydrogens is 248 g/mol. The van der Waals surface area contributed by atoms with E-state index in [0.29, 0.717) is 5.75 Å². The number of primary amides is 1. The van der Waals surface area contributed by atoms with E-state index in [2.05, 4.69) is 0 Å². The Bertz CT molecular complexity index is 501. The van der Waals surface area contributed by atoms with Crippen LogP contribution in [0, 0.1) is 0 Å². The fraction of sp³-hybridized carbons (Fsp3) is 0.385. The van der Waals surface area contributed by atoms with Crippen molar-refractivity contribution in [1.82, 2.24) is 5.32 Å². The monoisotopic (exact) mass is 264 g/mol. The molecule has 1 aliphatic carbocycles. The van der Waals surface area contributed by atoms with Gasteiger partial charge < -0.3 is 15.6 Å². The summed E-state index contributed by atoms with van der Waals surface area (Å²) in [6.45, 7) is -0.294. The Balaban J connectivity index is 2.00. The van der Waals surface area contributed by atoms with E-state index in [0.717, 1.165) is 30.4 Å². The van der Waals surface area contributed by atoms with Crippen LogP contribution in [0.4, 0.5) is 4.79 Å². The van der Waals surface area contributed by atoms with Crippen LogP contribution in [-0.4, -0.2) is 23.7 Å². The van der Waals surface area contributed by atoms with Crippen LogP contribution in [0.1, 0.15) is 30.1 Å². The molecule has 0 radical (unpaired) electrons. The van der Waals surface area contributed by atoms with Crippen LogP contribution < -0.4 is 15.8 Å². The Morgan fingerprint density at radius 3 is 3.00 bits per heavy atom. The Kier molecular flexibility index (Phi) is 4.01. The van der Waals surface area contributed by atoms with E-state index in [-0.39, 0.29) is 6.61 Å². The van der Waals surface area contributed by atoms with Gasteiger partial charge in [0.2, 0.25) is 0 Å². The van der Waals surface area contributed by atoms with Crippen molar-refractivity contribution in [2.45, 2.75) is 25.4 Å². The van der Waals surface area contributed by atoms with Gasteiger partial charge in [-0.3, -0.25) is 10.1 Å². The number of benzene rings is 1. The minimum absolute atomic E-state index is 0.294. The molecule has 0 spiro atoms. The smallest absolute Gasteiger partial charge is 0.318 e. The molecule has 0 saturated carbocycles. The van der Waals surface area contributed by atoms with E-state index in [1.165, 1.54) is 0 Å². The minimum atomic E-state index is -0.908. The first-order chi connectivity index (χ1) is 9.06. The largest absolute Gasteiger partial charge is 0.484 e. The van der Waals surface area contributed by atoms with Gasteiger partial charge in [-0.1, -0.05) is 6.07 Å². The Labute approximate surface area is 110 Å². The quantitative estimate of drug-likeness (QED) is 0.745. The normalized spacial score (nSPS) is 17.4. The van der Waals surface area contributed by atoms with Crippen molar-refractivity contribution in [2.75, 3.05) is 6.61 Å². The highest BCUT2D eigenvalue weighted by molar-refractivity contribution is 5.94. The first kappa shape index (κ1) is 13.4. The zero-order valence-corrected chi connectivity index (χ0v) is 10.4. The van der Waals surface area contributed by atoms with E-state index in [9.17, 15) is 14.7 Å². The summed E-state index contributed by atoms with van der Waals surface area (Å²) >= 11 is 0. The fourth-order valence-corrected chi connectivity index (χ4v) is 2.16. The first-order valence-electron chi connectivity index (χ1n) is 6.09.